The molecule has 0 spiro atoms. The summed E-state index contributed by atoms with van der Waals surface area (Å²) in [4.78, 5) is 4.08. The molecule has 2 rings (SSSR count). The fraction of sp³-hybridized carbons (Fsp3) is 0.250. The molecule has 0 fully saturated rings. The second-order valence-corrected chi connectivity index (χ2v) is 2.84. The zero-order valence-corrected chi connectivity index (χ0v) is 7.71. The number of aryl methyl sites for hydroxylation is 1. The Labute approximate surface area is 79.5 Å². The minimum atomic E-state index is 0.317. The smallest absolute Gasteiger partial charge is 0.238 e. The predicted octanol–water partition coefficient (Wildman–Crippen LogP) is 2.55. The zero-order chi connectivity index (χ0) is 9.26. The molecule has 2 aromatic heterocycles. The van der Waals surface area contributed by atoms with Crippen molar-refractivity contribution in [2.24, 2.45) is 0 Å². The van der Waals surface area contributed by atoms with Crippen LogP contribution in [-0.2, 0) is 6.42 Å². The Morgan fingerprint density at radius 1 is 1.46 bits per heavy atom. The second kappa shape index (κ2) is 3.22. The molecular weight excluding hydrogens is 192 g/mol. The highest BCUT2D eigenvalue weighted by atomic mass is 35.5. The molecule has 0 bridgehead atoms. The first-order valence-electron chi connectivity index (χ1n) is 3.88. The Balaban J connectivity index is 2.35. The molecule has 68 valence electrons. The summed E-state index contributed by atoms with van der Waals surface area (Å²) < 4.78 is 10.0. The molecule has 0 saturated carbocycles. The van der Waals surface area contributed by atoms with Gasteiger partial charge in [0.25, 0.3) is 0 Å². The highest BCUT2D eigenvalue weighted by Crippen LogP contribution is 2.21. The number of nitrogens with zero attached hydrogens (tertiary/aromatic N) is 2. The summed E-state index contributed by atoms with van der Waals surface area (Å²) in [6, 6.07) is 3.34. The van der Waals surface area contributed by atoms with Crippen LogP contribution in [0.5, 0.6) is 0 Å². The lowest BCUT2D eigenvalue weighted by molar-refractivity contribution is 0.381. The largest absolute Gasteiger partial charge is 0.441 e. The Hall–Kier alpha value is -1.29. The summed E-state index contributed by atoms with van der Waals surface area (Å²) in [6.45, 7) is 1.94. The average molecular weight is 199 g/mol. The van der Waals surface area contributed by atoms with E-state index in [-0.39, 0.29) is 0 Å². The highest BCUT2D eigenvalue weighted by molar-refractivity contribution is 6.28. The monoisotopic (exact) mass is 198 g/mol. The molecule has 2 heterocycles. The van der Waals surface area contributed by atoms with Crippen LogP contribution >= 0.6 is 11.6 Å². The molecule has 0 aromatic carbocycles. The summed E-state index contributed by atoms with van der Waals surface area (Å²) in [5.41, 5.74) is 0. The molecule has 0 amide bonds. The predicted molar refractivity (Wildman–Crippen MR) is 46.4 cm³/mol. The molecule has 13 heavy (non-hydrogen) atoms. The standard InChI is InChI=1S/C8H7ClN2O2/c1-2-7-10-8(11-13-7)5-3-4-6(9)12-5/h3-4H,2H2,1H3. The Morgan fingerprint density at radius 3 is 2.85 bits per heavy atom. The molecule has 2 aromatic rings. The summed E-state index contributed by atoms with van der Waals surface area (Å²) in [7, 11) is 0. The number of rotatable bonds is 2. The zero-order valence-electron chi connectivity index (χ0n) is 6.95. The van der Waals surface area contributed by atoms with E-state index in [1.165, 1.54) is 0 Å². The van der Waals surface area contributed by atoms with Gasteiger partial charge in [0.15, 0.2) is 11.0 Å². The van der Waals surface area contributed by atoms with Gasteiger partial charge in [-0.2, -0.15) is 4.98 Å². The quantitative estimate of drug-likeness (QED) is 0.744. The van der Waals surface area contributed by atoms with Crippen molar-refractivity contribution in [1.29, 1.82) is 0 Å². The van der Waals surface area contributed by atoms with Gasteiger partial charge in [0, 0.05) is 6.42 Å². The van der Waals surface area contributed by atoms with Gasteiger partial charge in [-0.3, -0.25) is 0 Å². The Kier molecular flexibility index (Phi) is 2.06. The second-order valence-electron chi connectivity index (χ2n) is 2.47. The van der Waals surface area contributed by atoms with E-state index in [0.29, 0.717) is 29.1 Å². The van der Waals surface area contributed by atoms with Crippen molar-refractivity contribution in [1.82, 2.24) is 10.1 Å². The van der Waals surface area contributed by atoms with Crippen LogP contribution in [0, 0.1) is 0 Å². The fourth-order valence-corrected chi connectivity index (χ4v) is 1.08. The summed E-state index contributed by atoms with van der Waals surface area (Å²) in [6.07, 6.45) is 0.710. The minimum Gasteiger partial charge on any atom is -0.441 e. The van der Waals surface area contributed by atoms with Crippen molar-refractivity contribution in [2.75, 3.05) is 0 Å². The minimum absolute atomic E-state index is 0.317. The van der Waals surface area contributed by atoms with E-state index in [0.717, 1.165) is 0 Å². The van der Waals surface area contributed by atoms with Gasteiger partial charge in [0.05, 0.1) is 0 Å². The van der Waals surface area contributed by atoms with E-state index < -0.39 is 0 Å². The number of hydrogen-bond donors (Lipinski definition) is 0. The number of furan rings is 1. The van der Waals surface area contributed by atoms with E-state index in [1.54, 1.807) is 12.1 Å². The van der Waals surface area contributed by atoms with Crippen LogP contribution < -0.4 is 0 Å². The van der Waals surface area contributed by atoms with Crippen LogP contribution in [-0.4, -0.2) is 10.1 Å². The first-order valence-corrected chi connectivity index (χ1v) is 4.25. The van der Waals surface area contributed by atoms with Gasteiger partial charge in [-0.25, -0.2) is 0 Å². The third kappa shape index (κ3) is 1.58. The lowest BCUT2D eigenvalue weighted by atomic mass is 10.4. The van der Waals surface area contributed by atoms with E-state index in [4.69, 9.17) is 20.5 Å². The van der Waals surface area contributed by atoms with Gasteiger partial charge < -0.3 is 8.94 Å². The van der Waals surface area contributed by atoms with Crippen molar-refractivity contribution in [2.45, 2.75) is 13.3 Å². The molecule has 0 aliphatic rings. The van der Waals surface area contributed by atoms with Crippen molar-refractivity contribution in [3.05, 3.63) is 23.2 Å². The van der Waals surface area contributed by atoms with Crippen LogP contribution in [0.15, 0.2) is 21.1 Å². The van der Waals surface area contributed by atoms with Crippen LogP contribution in [0.3, 0.4) is 0 Å². The van der Waals surface area contributed by atoms with Crippen LogP contribution in [0.25, 0.3) is 11.6 Å². The summed E-state index contributed by atoms with van der Waals surface area (Å²) in [5, 5.41) is 4.05. The van der Waals surface area contributed by atoms with Crippen molar-refractivity contribution >= 4 is 11.6 Å². The van der Waals surface area contributed by atoms with E-state index in [1.807, 2.05) is 6.92 Å². The third-order valence-electron chi connectivity index (χ3n) is 1.56. The molecule has 0 aliphatic heterocycles. The lowest BCUT2D eigenvalue weighted by Crippen LogP contribution is -1.79. The van der Waals surface area contributed by atoms with Gasteiger partial charge in [0.1, 0.15) is 0 Å². The highest BCUT2D eigenvalue weighted by Gasteiger charge is 2.10. The van der Waals surface area contributed by atoms with Crippen molar-refractivity contribution in [3.63, 3.8) is 0 Å². The Morgan fingerprint density at radius 2 is 2.31 bits per heavy atom. The molecular formula is C8H7ClN2O2. The van der Waals surface area contributed by atoms with Crippen molar-refractivity contribution in [3.8, 4) is 11.6 Å². The van der Waals surface area contributed by atoms with Gasteiger partial charge in [0.2, 0.25) is 11.7 Å². The van der Waals surface area contributed by atoms with E-state index >= 15 is 0 Å². The molecule has 5 heteroatoms. The third-order valence-corrected chi connectivity index (χ3v) is 1.77. The number of aromatic nitrogens is 2. The van der Waals surface area contributed by atoms with E-state index in [2.05, 4.69) is 10.1 Å². The summed E-state index contributed by atoms with van der Waals surface area (Å²) in [5.74, 6) is 1.54. The molecule has 0 saturated heterocycles. The van der Waals surface area contributed by atoms with Crippen LogP contribution in [0.1, 0.15) is 12.8 Å². The normalized spacial score (nSPS) is 10.6. The molecule has 0 atom stereocenters. The van der Waals surface area contributed by atoms with Crippen LogP contribution in [0.2, 0.25) is 5.22 Å². The maximum Gasteiger partial charge on any atom is 0.238 e. The topological polar surface area (TPSA) is 52.1 Å². The van der Waals surface area contributed by atoms with Gasteiger partial charge in [-0.1, -0.05) is 12.1 Å². The van der Waals surface area contributed by atoms with Crippen molar-refractivity contribution < 1.29 is 8.94 Å². The van der Waals surface area contributed by atoms with Crippen LogP contribution in [0.4, 0.5) is 0 Å². The average Bonchev–Trinajstić information content (AvgIpc) is 2.71. The summed E-state index contributed by atoms with van der Waals surface area (Å²) >= 11 is 5.60. The molecule has 0 unspecified atom stereocenters. The first-order chi connectivity index (χ1) is 6.29. The molecule has 0 N–H and O–H groups in total. The maximum atomic E-state index is 5.60. The SMILES string of the molecule is CCc1nc(-c2ccc(Cl)o2)no1. The fourth-order valence-electron chi connectivity index (χ4n) is 0.933. The number of halogens is 1. The number of hydrogen-bond acceptors (Lipinski definition) is 4. The lowest BCUT2D eigenvalue weighted by Gasteiger charge is -1.83. The molecule has 0 aliphatic carbocycles. The molecule has 0 radical (unpaired) electrons. The molecule has 4 nitrogen and oxygen atoms in total. The van der Waals surface area contributed by atoms with Gasteiger partial charge >= 0.3 is 0 Å². The van der Waals surface area contributed by atoms with E-state index in [9.17, 15) is 0 Å². The first kappa shape index (κ1) is 8.31. The Bertz CT molecular complexity index is 408. The van der Waals surface area contributed by atoms with Gasteiger partial charge in [-0.05, 0) is 23.7 Å². The van der Waals surface area contributed by atoms with Gasteiger partial charge in [-0.15, -0.1) is 0 Å². The maximum absolute atomic E-state index is 5.60.